The number of thiazole rings is 1. The molecule has 0 spiro atoms. The second-order valence-electron chi connectivity index (χ2n) is 4.14. The molecule has 0 radical (unpaired) electrons. The molecule has 0 bridgehead atoms. The fourth-order valence-electron chi connectivity index (χ4n) is 2.21. The number of amides is 1. The van der Waals surface area contributed by atoms with Gasteiger partial charge in [-0.15, -0.1) is 11.3 Å². The third kappa shape index (κ3) is 2.82. The molecule has 5 nitrogen and oxygen atoms in total. The topological polar surface area (TPSA) is 82.1 Å². The lowest BCUT2D eigenvalue weighted by molar-refractivity contribution is -0.313. The average molecular weight is 253 g/mol. The van der Waals surface area contributed by atoms with Crippen LogP contribution in [0.4, 0.5) is 5.13 Å². The first-order valence-corrected chi connectivity index (χ1v) is 6.47. The Morgan fingerprint density at radius 3 is 2.65 bits per heavy atom. The molecular formula is C11H13N2O3S-. The summed E-state index contributed by atoms with van der Waals surface area (Å²) in [5, 5.41) is 15.9. The number of nitrogens with zero attached hydrogens (tertiary/aromatic N) is 1. The fourth-order valence-corrected chi connectivity index (χ4v) is 2.74. The molecule has 2 atom stereocenters. The van der Waals surface area contributed by atoms with Crippen molar-refractivity contribution < 1.29 is 14.7 Å². The number of rotatable bonds is 3. The van der Waals surface area contributed by atoms with Gasteiger partial charge in [-0.2, -0.15) is 0 Å². The first kappa shape index (κ1) is 12.0. The van der Waals surface area contributed by atoms with E-state index in [4.69, 9.17) is 0 Å². The largest absolute Gasteiger partial charge is 0.550 e. The molecule has 1 N–H and O–H groups in total. The van der Waals surface area contributed by atoms with Gasteiger partial charge >= 0.3 is 0 Å². The van der Waals surface area contributed by atoms with E-state index < -0.39 is 17.8 Å². The Kier molecular flexibility index (Phi) is 3.73. The number of carboxylic acid groups (broad SMARTS) is 1. The highest BCUT2D eigenvalue weighted by atomic mass is 32.1. The number of aliphatic carboxylic acids is 1. The second kappa shape index (κ2) is 5.27. The maximum atomic E-state index is 11.9. The summed E-state index contributed by atoms with van der Waals surface area (Å²) in [5.41, 5.74) is 0. The zero-order chi connectivity index (χ0) is 12.3. The molecule has 1 aliphatic carbocycles. The van der Waals surface area contributed by atoms with Gasteiger partial charge in [-0.25, -0.2) is 4.98 Å². The van der Waals surface area contributed by atoms with Gasteiger partial charge in [-0.1, -0.05) is 12.8 Å². The number of aromatic nitrogens is 1. The summed E-state index contributed by atoms with van der Waals surface area (Å²) in [4.78, 5) is 26.9. The van der Waals surface area contributed by atoms with E-state index in [2.05, 4.69) is 10.3 Å². The van der Waals surface area contributed by atoms with Crippen molar-refractivity contribution in [1.82, 2.24) is 4.98 Å². The number of anilines is 1. The van der Waals surface area contributed by atoms with E-state index in [1.807, 2.05) is 0 Å². The first-order valence-electron chi connectivity index (χ1n) is 5.59. The Bertz CT molecular complexity index is 405. The van der Waals surface area contributed by atoms with Crippen LogP contribution in [-0.4, -0.2) is 16.9 Å². The predicted octanol–water partition coefficient (Wildman–Crippen LogP) is 0.638. The maximum absolute atomic E-state index is 11.9. The number of carbonyl (C=O) groups excluding carboxylic acids is 2. The smallest absolute Gasteiger partial charge is 0.229 e. The van der Waals surface area contributed by atoms with Crippen molar-refractivity contribution in [3.05, 3.63) is 11.6 Å². The molecule has 1 aromatic rings. The zero-order valence-corrected chi connectivity index (χ0v) is 10.0. The van der Waals surface area contributed by atoms with E-state index in [0.717, 1.165) is 12.8 Å². The highest BCUT2D eigenvalue weighted by Gasteiger charge is 2.31. The molecule has 2 rings (SSSR count). The minimum absolute atomic E-state index is 0.256. The number of hydrogen-bond acceptors (Lipinski definition) is 5. The van der Waals surface area contributed by atoms with Crippen molar-refractivity contribution in [3.63, 3.8) is 0 Å². The average Bonchev–Trinajstić information content (AvgIpc) is 2.81. The van der Waals surface area contributed by atoms with Gasteiger partial charge < -0.3 is 15.2 Å². The predicted molar refractivity (Wildman–Crippen MR) is 61.2 cm³/mol. The summed E-state index contributed by atoms with van der Waals surface area (Å²) in [6, 6.07) is 0. The van der Waals surface area contributed by atoms with Crippen LogP contribution in [0, 0.1) is 11.8 Å². The summed E-state index contributed by atoms with van der Waals surface area (Å²) in [7, 11) is 0. The highest BCUT2D eigenvalue weighted by molar-refractivity contribution is 7.13. The molecule has 1 heterocycles. The van der Waals surface area contributed by atoms with Gasteiger partial charge in [0.2, 0.25) is 5.91 Å². The SMILES string of the molecule is O=C([O-])[C@@H]1CCCC[C@H]1C(=O)Nc1nccs1. The van der Waals surface area contributed by atoms with Crippen LogP contribution in [-0.2, 0) is 9.59 Å². The molecular weight excluding hydrogens is 240 g/mol. The van der Waals surface area contributed by atoms with Gasteiger partial charge in [0.05, 0.1) is 0 Å². The van der Waals surface area contributed by atoms with Gasteiger partial charge in [0.25, 0.3) is 0 Å². The Morgan fingerprint density at radius 2 is 2.06 bits per heavy atom. The molecule has 0 unspecified atom stereocenters. The Morgan fingerprint density at radius 1 is 1.35 bits per heavy atom. The van der Waals surface area contributed by atoms with Gasteiger partial charge in [0, 0.05) is 29.4 Å². The van der Waals surface area contributed by atoms with Gasteiger partial charge in [-0.3, -0.25) is 4.79 Å². The number of carbonyl (C=O) groups is 2. The second-order valence-corrected chi connectivity index (χ2v) is 5.04. The summed E-state index contributed by atoms with van der Waals surface area (Å²) < 4.78 is 0. The van der Waals surface area contributed by atoms with Crippen LogP contribution < -0.4 is 10.4 Å². The lowest BCUT2D eigenvalue weighted by atomic mass is 9.79. The van der Waals surface area contributed by atoms with Crippen LogP contribution in [0.15, 0.2) is 11.6 Å². The van der Waals surface area contributed by atoms with Crippen LogP contribution in [0.25, 0.3) is 0 Å². The normalized spacial score (nSPS) is 24.2. The minimum atomic E-state index is -1.12. The van der Waals surface area contributed by atoms with Crippen molar-refractivity contribution >= 4 is 28.3 Å². The van der Waals surface area contributed by atoms with Crippen LogP contribution in [0.2, 0.25) is 0 Å². The number of hydrogen-bond donors (Lipinski definition) is 1. The molecule has 1 amide bonds. The summed E-state index contributed by atoms with van der Waals surface area (Å²) in [6.45, 7) is 0. The van der Waals surface area contributed by atoms with Crippen LogP contribution in [0.1, 0.15) is 25.7 Å². The summed E-state index contributed by atoms with van der Waals surface area (Å²) >= 11 is 1.32. The minimum Gasteiger partial charge on any atom is -0.550 e. The van der Waals surface area contributed by atoms with E-state index in [-0.39, 0.29) is 5.91 Å². The van der Waals surface area contributed by atoms with Crippen molar-refractivity contribution in [1.29, 1.82) is 0 Å². The van der Waals surface area contributed by atoms with Gasteiger partial charge in [-0.05, 0) is 12.8 Å². The van der Waals surface area contributed by atoms with E-state index in [9.17, 15) is 14.7 Å². The molecule has 1 aliphatic rings. The van der Waals surface area contributed by atoms with Crippen molar-refractivity contribution in [2.45, 2.75) is 25.7 Å². The lowest BCUT2D eigenvalue weighted by Crippen LogP contribution is -2.42. The quantitative estimate of drug-likeness (QED) is 0.857. The molecule has 0 saturated heterocycles. The zero-order valence-electron chi connectivity index (χ0n) is 9.22. The Hall–Kier alpha value is -1.43. The highest BCUT2D eigenvalue weighted by Crippen LogP contribution is 2.30. The van der Waals surface area contributed by atoms with Crippen molar-refractivity contribution in [3.8, 4) is 0 Å². The molecule has 1 fully saturated rings. The van der Waals surface area contributed by atoms with E-state index in [1.165, 1.54) is 11.3 Å². The summed E-state index contributed by atoms with van der Waals surface area (Å²) in [6.07, 6.45) is 4.46. The Balaban J connectivity index is 2.03. The molecule has 6 heteroatoms. The fraction of sp³-hybridized carbons (Fsp3) is 0.545. The van der Waals surface area contributed by atoms with Gasteiger partial charge in [0.15, 0.2) is 5.13 Å². The monoisotopic (exact) mass is 253 g/mol. The molecule has 0 aliphatic heterocycles. The molecule has 92 valence electrons. The van der Waals surface area contributed by atoms with Crippen LogP contribution in [0.3, 0.4) is 0 Å². The third-order valence-electron chi connectivity index (χ3n) is 3.07. The third-order valence-corrected chi connectivity index (χ3v) is 3.76. The number of nitrogens with one attached hydrogen (secondary N) is 1. The van der Waals surface area contributed by atoms with Crippen molar-refractivity contribution in [2.24, 2.45) is 11.8 Å². The molecule has 1 aromatic heterocycles. The van der Waals surface area contributed by atoms with Gasteiger partial charge in [0.1, 0.15) is 0 Å². The standard InChI is InChI=1S/C11H14N2O3S/c14-9(13-11-12-5-6-17-11)7-3-1-2-4-8(7)10(15)16/h5-8H,1-4H2,(H,15,16)(H,12,13,14)/p-1/t7-,8-/m1/s1. The van der Waals surface area contributed by atoms with E-state index in [1.54, 1.807) is 11.6 Å². The maximum Gasteiger partial charge on any atom is 0.229 e. The van der Waals surface area contributed by atoms with E-state index >= 15 is 0 Å². The Labute approximate surface area is 103 Å². The van der Waals surface area contributed by atoms with Crippen LogP contribution in [0.5, 0.6) is 0 Å². The molecule has 1 saturated carbocycles. The lowest BCUT2D eigenvalue weighted by Gasteiger charge is -2.30. The molecule has 17 heavy (non-hydrogen) atoms. The van der Waals surface area contributed by atoms with Crippen molar-refractivity contribution in [2.75, 3.05) is 5.32 Å². The van der Waals surface area contributed by atoms with Crippen LogP contribution >= 0.6 is 11.3 Å². The van der Waals surface area contributed by atoms with E-state index in [0.29, 0.717) is 18.0 Å². The summed E-state index contributed by atoms with van der Waals surface area (Å²) in [5.74, 6) is -2.53. The number of carboxylic acids is 1. The first-order chi connectivity index (χ1) is 8.18. The molecule has 0 aromatic carbocycles.